The maximum atomic E-state index is 13.8. The topological polar surface area (TPSA) is 124 Å². The van der Waals surface area contributed by atoms with E-state index in [9.17, 15) is 19.6 Å². The van der Waals surface area contributed by atoms with Crippen LogP contribution in [0.15, 0.2) is 71.9 Å². The van der Waals surface area contributed by atoms with Crippen LogP contribution in [-0.2, 0) is 17.8 Å². The second-order valence-electron chi connectivity index (χ2n) is 15.8. The van der Waals surface area contributed by atoms with Crippen LogP contribution in [0.1, 0.15) is 61.5 Å². The van der Waals surface area contributed by atoms with Crippen molar-refractivity contribution in [1.29, 1.82) is 0 Å². The zero-order valence-electron chi connectivity index (χ0n) is 30.8. The van der Waals surface area contributed by atoms with Gasteiger partial charge >= 0.3 is 0 Å². The Labute approximate surface area is 301 Å². The van der Waals surface area contributed by atoms with Gasteiger partial charge in [0, 0.05) is 48.4 Å². The molecule has 2 amide bonds. The van der Waals surface area contributed by atoms with Crippen LogP contribution < -0.4 is 15.4 Å². The fourth-order valence-corrected chi connectivity index (χ4v) is 9.08. The number of ether oxygens (including phenoxy) is 1. The number of fused-ring (bicyclic) bond motifs is 2. The molecule has 7 atom stereocenters. The van der Waals surface area contributed by atoms with Crippen LogP contribution in [0.5, 0.6) is 5.75 Å². The summed E-state index contributed by atoms with van der Waals surface area (Å²) in [6, 6.07) is 20.0. The lowest BCUT2D eigenvalue weighted by Gasteiger charge is -2.62. The summed E-state index contributed by atoms with van der Waals surface area (Å²) in [7, 11) is 5.53. The summed E-state index contributed by atoms with van der Waals surface area (Å²) < 4.78 is 5.98. The van der Waals surface area contributed by atoms with Crippen LogP contribution in [-0.4, -0.2) is 85.2 Å². The molecular formula is C41H53N5O5. The molecule has 3 aliphatic carbocycles. The second-order valence-corrected chi connectivity index (χ2v) is 15.8. The number of aliphatic hydroxyl groups is 1. The number of aliphatic hydroxyl groups excluding tert-OH is 1. The average molecular weight is 696 g/mol. The van der Waals surface area contributed by atoms with Crippen molar-refractivity contribution in [2.75, 3.05) is 34.3 Å². The van der Waals surface area contributed by atoms with Crippen molar-refractivity contribution in [1.82, 2.24) is 20.4 Å². The van der Waals surface area contributed by atoms with Gasteiger partial charge in [0.25, 0.3) is 5.91 Å². The Bertz CT molecular complexity index is 1730. The normalized spacial score (nSPS) is 25.9. The molecule has 51 heavy (non-hydrogen) atoms. The number of para-hydroxylation sites is 1. The number of rotatable bonds is 13. The van der Waals surface area contributed by atoms with E-state index < -0.39 is 12.1 Å². The summed E-state index contributed by atoms with van der Waals surface area (Å²) in [6.07, 6.45) is 2.61. The SMILES string of the molecule is COc1c(CN2CC[C@H](O)[C@H]2C(=O)N[C@H]2C[C@H]3C[C@@H]([C@@H]2C)C3(C)C)cccc1-c1cc(N=O)cc(C(=O)N[C@@H](Cc2ccccc2)CN(C)C)c1. The molecule has 1 aliphatic heterocycles. The summed E-state index contributed by atoms with van der Waals surface area (Å²) in [4.78, 5) is 43.4. The highest BCUT2D eigenvalue weighted by Gasteiger charge is 2.56. The fourth-order valence-electron chi connectivity index (χ4n) is 9.08. The molecule has 0 unspecified atom stereocenters. The Kier molecular flexibility index (Phi) is 11.0. The number of hydrogen-bond acceptors (Lipinski definition) is 8. The van der Waals surface area contributed by atoms with Crippen LogP contribution in [0.4, 0.5) is 5.69 Å². The zero-order valence-corrected chi connectivity index (χ0v) is 30.8. The second kappa shape index (κ2) is 15.2. The van der Waals surface area contributed by atoms with Gasteiger partial charge in [-0.3, -0.25) is 14.5 Å². The molecule has 7 rings (SSSR count). The third kappa shape index (κ3) is 7.73. The first-order chi connectivity index (χ1) is 24.4. The van der Waals surface area contributed by atoms with E-state index in [4.69, 9.17) is 4.74 Å². The number of nitrogens with one attached hydrogen (secondary N) is 2. The van der Waals surface area contributed by atoms with Crippen molar-refractivity contribution in [2.24, 2.45) is 28.3 Å². The number of nitrogens with zero attached hydrogens (tertiary/aromatic N) is 3. The van der Waals surface area contributed by atoms with Crippen molar-refractivity contribution < 1.29 is 19.4 Å². The summed E-state index contributed by atoms with van der Waals surface area (Å²) >= 11 is 0. The molecule has 2 bridgehead atoms. The minimum absolute atomic E-state index is 0.114. The number of carbonyl (C=O) groups excluding carboxylic acids is 2. The maximum absolute atomic E-state index is 13.8. The highest BCUT2D eigenvalue weighted by atomic mass is 16.5. The molecule has 272 valence electrons. The van der Waals surface area contributed by atoms with Gasteiger partial charge in [0.1, 0.15) is 17.5 Å². The first-order valence-corrected chi connectivity index (χ1v) is 18.3. The molecule has 0 aromatic heterocycles. The standard InChI is InChI=1S/C41H53N5O5/c1-25-34-21-30(41(34,2)3)22-35(25)43-40(49)37-36(47)15-16-46(37)23-27-13-10-14-33(38(27)51-6)28-18-29(20-31(19-28)44-50)39(48)42-32(24-45(4)5)17-26-11-8-7-9-12-26/h7-14,18-20,25,30,32,34-37,47H,15-17,21-24H2,1-6H3,(H,42,48)(H,43,49)/t25-,30+,32-,34-,35-,36-,37-/m0/s1. The van der Waals surface area contributed by atoms with E-state index in [1.54, 1.807) is 19.2 Å². The molecule has 10 heteroatoms. The van der Waals surface area contributed by atoms with E-state index in [0.29, 0.717) is 78.1 Å². The lowest BCUT2D eigenvalue weighted by molar-refractivity contribution is -0.139. The maximum Gasteiger partial charge on any atom is 0.251 e. The number of likely N-dealkylation sites (tertiary alicyclic amines) is 1. The van der Waals surface area contributed by atoms with E-state index in [2.05, 4.69) is 36.6 Å². The molecule has 4 fully saturated rings. The molecule has 1 saturated heterocycles. The molecule has 3 saturated carbocycles. The van der Waals surface area contributed by atoms with E-state index in [-0.39, 0.29) is 29.6 Å². The smallest absolute Gasteiger partial charge is 0.251 e. The van der Waals surface area contributed by atoms with Crippen LogP contribution in [0.3, 0.4) is 0 Å². The van der Waals surface area contributed by atoms with Gasteiger partial charge in [-0.25, -0.2) is 0 Å². The first-order valence-electron chi connectivity index (χ1n) is 18.3. The quantitative estimate of drug-likeness (QED) is 0.194. The highest BCUT2D eigenvalue weighted by molar-refractivity contribution is 5.97. The summed E-state index contributed by atoms with van der Waals surface area (Å²) in [5, 5.41) is 20.7. The number of benzene rings is 3. The van der Waals surface area contributed by atoms with Crippen LogP contribution in [0.25, 0.3) is 11.1 Å². The summed E-state index contributed by atoms with van der Waals surface area (Å²) in [5.74, 6) is 1.77. The van der Waals surface area contributed by atoms with E-state index >= 15 is 0 Å². The van der Waals surface area contributed by atoms with Gasteiger partial charge in [-0.05, 0) is 97.5 Å². The van der Waals surface area contributed by atoms with Crippen molar-refractivity contribution in [3.63, 3.8) is 0 Å². The Balaban J connectivity index is 1.21. The van der Waals surface area contributed by atoms with Crippen molar-refractivity contribution in [3.8, 4) is 16.9 Å². The zero-order chi connectivity index (χ0) is 36.4. The lowest BCUT2D eigenvalue weighted by atomic mass is 9.45. The Hall–Kier alpha value is -4.12. The van der Waals surface area contributed by atoms with Crippen molar-refractivity contribution >= 4 is 17.5 Å². The number of amides is 2. The summed E-state index contributed by atoms with van der Waals surface area (Å²) in [6.45, 7) is 8.54. The number of likely N-dealkylation sites (N-methyl/N-ethyl adjacent to an activating group) is 1. The number of hydrogen-bond donors (Lipinski definition) is 3. The van der Waals surface area contributed by atoms with Crippen molar-refractivity contribution in [3.05, 3.63) is 88.3 Å². The largest absolute Gasteiger partial charge is 0.496 e. The fraction of sp³-hybridized carbons (Fsp3) is 0.512. The minimum atomic E-state index is -0.765. The molecule has 3 aromatic carbocycles. The van der Waals surface area contributed by atoms with E-state index in [1.165, 1.54) is 12.5 Å². The number of nitroso groups, excluding NO2 is 1. The summed E-state index contributed by atoms with van der Waals surface area (Å²) in [5.41, 5.74) is 4.04. The highest BCUT2D eigenvalue weighted by Crippen LogP contribution is 2.61. The minimum Gasteiger partial charge on any atom is -0.496 e. The van der Waals surface area contributed by atoms with Gasteiger partial charge in [-0.2, -0.15) is 0 Å². The van der Waals surface area contributed by atoms with Crippen molar-refractivity contribution in [2.45, 2.75) is 77.2 Å². The predicted octanol–water partition coefficient (Wildman–Crippen LogP) is 5.78. The molecule has 10 nitrogen and oxygen atoms in total. The van der Waals surface area contributed by atoms with Gasteiger partial charge in [0.05, 0.1) is 13.2 Å². The van der Waals surface area contributed by atoms with E-state index in [1.807, 2.05) is 72.4 Å². The van der Waals surface area contributed by atoms with Gasteiger partial charge in [0.15, 0.2) is 0 Å². The molecular weight excluding hydrogens is 642 g/mol. The Morgan fingerprint density at radius 2 is 1.84 bits per heavy atom. The van der Waals surface area contributed by atoms with E-state index in [0.717, 1.165) is 17.5 Å². The molecule has 3 aromatic rings. The molecule has 0 spiro atoms. The molecule has 4 aliphatic rings. The number of methoxy groups -OCH3 is 1. The Morgan fingerprint density at radius 3 is 2.51 bits per heavy atom. The van der Waals surface area contributed by atoms with Gasteiger partial charge in [-0.1, -0.05) is 69.3 Å². The van der Waals surface area contributed by atoms with Crippen LogP contribution in [0.2, 0.25) is 0 Å². The van der Waals surface area contributed by atoms with Gasteiger partial charge < -0.3 is 25.4 Å². The lowest BCUT2D eigenvalue weighted by Crippen LogP contribution is -2.62. The van der Waals surface area contributed by atoms with Crippen LogP contribution >= 0.6 is 0 Å². The Morgan fingerprint density at radius 1 is 1.08 bits per heavy atom. The molecule has 1 heterocycles. The first kappa shape index (κ1) is 36.7. The average Bonchev–Trinajstić information content (AvgIpc) is 3.47. The van der Waals surface area contributed by atoms with Gasteiger partial charge in [-0.15, -0.1) is 4.91 Å². The third-order valence-corrected chi connectivity index (χ3v) is 11.9. The molecule has 3 N–H and O–H groups in total. The monoisotopic (exact) mass is 695 g/mol. The molecule has 0 radical (unpaired) electrons. The third-order valence-electron chi connectivity index (χ3n) is 11.9. The van der Waals surface area contributed by atoms with Gasteiger partial charge in [0.2, 0.25) is 5.91 Å². The number of carbonyl (C=O) groups is 2. The predicted molar refractivity (Wildman–Crippen MR) is 200 cm³/mol. The van der Waals surface area contributed by atoms with Crippen LogP contribution in [0, 0.1) is 28.1 Å².